The molecule has 0 atom stereocenters. The number of fused-ring (bicyclic) bond motifs is 1. The van der Waals surface area contributed by atoms with Gasteiger partial charge in [-0.2, -0.15) is 0 Å². The van der Waals surface area contributed by atoms with Gasteiger partial charge in [0.2, 0.25) is 11.8 Å². The largest absolute Gasteiger partial charge is 0.314 e. The van der Waals surface area contributed by atoms with Gasteiger partial charge in [-0.3, -0.25) is 9.59 Å². The van der Waals surface area contributed by atoms with Crippen molar-refractivity contribution in [3.63, 3.8) is 0 Å². The second-order valence-electron chi connectivity index (χ2n) is 7.79. The number of carbonyl (C=O) groups is 2. The molecular formula is C23H23N3O2S. The van der Waals surface area contributed by atoms with Crippen molar-refractivity contribution in [1.82, 2.24) is 4.98 Å². The Balaban J connectivity index is 1.47. The number of aromatic nitrogens is 1. The molecule has 0 saturated heterocycles. The topological polar surface area (TPSA) is 62.3 Å². The molecule has 2 aromatic carbocycles. The highest BCUT2D eigenvalue weighted by molar-refractivity contribution is 7.14. The summed E-state index contributed by atoms with van der Waals surface area (Å²) in [7, 11) is 1.81. The summed E-state index contributed by atoms with van der Waals surface area (Å²) in [5.41, 5.74) is 4.28. The molecule has 2 heterocycles. The van der Waals surface area contributed by atoms with Gasteiger partial charge >= 0.3 is 0 Å². The van der Waals surface area contributed by atoms with Crippen molar-refractivity contribution < 1.29 is 9.59 Å². The first-order chi connectivity index (χ1) is 13.9. The standard InChI is InChI=1S/C23H23N3O2S/c1-23(2)17-13-16(10-11-19(17)26(3)21(23)28)18-14-29-22(24-18)25-20(27)12-9-15-7-5-4-6-8-15/h4-8,10-11,13-14H,9,12H2,1-3H3,(H,24,25,27). The highest BCUT2D eigenvalue weighted by atomic mass is 32.1. The molecule has 5 nitrogen and oxygen atoms in total. The lowest BCUT2D eigenvalue weighted by Crippen LogP contribution is -2.33. The number of carbonyl (C=O) groups excluding carboxylic acids is 2. The van der Waals surface area contributed by atoms with Gasteiger partial charge in [0.25, 0.3) is 0 Å². The average molecular weight is 406 g/mol. The molecule has 0 fully saturated rings. The van der Waals surface area contributed by atoms with Crippen LogP contribution in [0.15, 0.2) is 53.9 Å². The summed E-state index contributed by atoms with van der Waals surface area (Å²) in [6.45, 7) is 3.89. The second-order valence-corrected chi connectivity index (χ2v) is 8.65. The van der Waals surface area contributed by atoms with Gasteiger partial charge in [0.1, 0.15) is 0 Å². The summed E-state index contributed by atoms with van der Waals surface area (Å²) in [6, 6.07) is 15.9. The Kier molecular flexibility index (Phi) is 4.96. The van der Waals surface area contributed by atoms with E-state index in [1.54, 1.807) is 4.90 Å². The minimum absolute atomic E-state index is 0.0444. The molecule has 1 aliphatic rings. The number of benzene rings is 2. The van der Waals surface area contributed by atoms with Gasteiger partial charge in [0, 0.05) is 30.1 Å². The van der Waals surface area contributed by atoms with Crippen molar-refractivity contribution in [2.75, 3.05) is 17.3 Å². The van der Waals surface area contributed by atoms with Crippen LogP contribution in [0, 0.1) is 0 Å². The maximum absolute atomic E-state index is 12.5. The Morgan fingerprint density at radius 2 is 1.93 bits per heavy atom. The molecule has 148 valence electrons. The first-order valence-corrected chi connectivity index (χ1v) is 10.5. The van der Waals surface area contributed by atoms with Gasteiger partial charge in [-0.25, -0.2) is 4.98 Å². The number of nitrogens with zero attached hydrogens (tertiary/aromatic N) is 2. The smallest absolute Gasteiger partial charge is 0.236 e. The first kappa shape index (κ1) is 19.3. The highest BCUT2D eigenvalue weighted by Crippen LogP contribution is 2.42. The number of aryl methyl sites for hydroxylation is 1. The van der Waals surface area contributed by atoms with E-state index in [1.165, 1.54) is 11.3 Å². The predicted molar refractivity (Wildman–Crippen MR) is 117 cm³/mol. The number of thiazole rings is 1. The fraction of sp³-hybridized carbons (Fsp3) is 0.261. The van der Waals surface area contributed by atoms with Crippen LogP contribution in [0.4, 0.5) is 10.8 Å². The van der Waals surface area contributed by atoms with Crippen LogP contribution >= 0.6 is 11.3 Å². The molecular weight excluding hydrogens is 382 g/mol. The van der Waals surface area contributed by atoms with Gasteiger partial charge in [-0.1, -0.05) is 36.4 Å². The number of likely N-dealkylation sites (N-methyl/N-ethyl adjacent to an activating group) is 1. The van der Waals surface area contributed by atoms with E-state index in [-0.39, 0.29) is 11.8 Å². The molecule has 1 aliphatic heterocycles. The fourth-order valence-electron chi connectivity index (χ4n) is 3.68. The van der Waals surface area contributed by atoms with Crippen LogP contribution in [0.3, 0.4) is 0 Å². The fourth-order valence-corrected chi connectivity index (χ4v) is 4.42. The van der Waals surface area contributed by atoms with Crippen LogP contribution in [-0.4, -0.2) is 23.8 Å². The summed E-state index contributed by atoms with van der Waals surface area (Å²) < 4.78 is 0. The molecule has 3 aromatic rings. The third-order valence-corrected chi connectivity index (χ3v) is 6.16. The maximum atomic E-state index is 12.5. The normalized spacial score (nSPS) is 14.7. The van der Waals surface area contributed by atoms with E-state index in [4.69, 9.17) is 0 Å². The summed E-state index contributed by atoms with van der Waals surface area (Å²) in [5, 5.41) is 5.41. The van der Waals surface area contributed by atoms with Gasteiger partial charge in [0.15, 0.2) is 5.13 Å². The van der Waals surface area contributed by atoms with Gasteiger partial charge in [-0.05, 0) is 43.5 Å². The molecule has 0 radical (unpaired) electrons. The SMILES string of the molecule is CN1C(=O)C(C)(C)c2cc(-c3csc(NC(=O)CCc4ccccc4)n3)ccc21. The summed E-state index contributed by atoms with van der Waals surface area (Å²) in [6.07, 6.45) is 1.12. The quantitative estimate of drug-likeness (QED) is 0.673. The second kappa shape index (κ2) is 7.44. The van der Waals surface area contributed by atoms with Crippen molar-refractivity contribution in [2.45, 2.75) is 32.1 Å². The summed E-state index contributed by atoms with van der Waals surface area (Å²) >= 11 is 1.41. The number of rotatable bonds is 5. The Morgan fingerprint density at radius 3 is 2.69 bits per heavy atom. The molecule has 0 spiro atoms. The Labute approximate surface area is 174 Å². The molecule has 0 unspecified atom stereocenters. The van der Waals surface area contributed by atoms with E-state index in [1.807, 2.05) is 74.8 Å². The lowest BCUT2D eigenvalue weighted by molar-refractivity contribution is -0.121. The average Bonchev–Trinajstić information content (AvgIpc) is 3.25. The van der Waals surface area contributed by atoms with E-state index in [2.05, 4.69) is 10.3 Å². The van der Waals surface area contributed by atoms with E-state index >= 15 is 0 Å². The molecule has 1 aromatic heterocycles. The molecule has 4 rings (SSSR count). The Bertz CT molecular complexity index is 1070. The van der Waals surface area contributed by atoms with Crippen LogP contribution < -0.4 is 10.2 Å². The van der Waals surface area contributed by atoms with Crippen molar-refractivity contribution in [3.8, 4) is 11.3 Å². The zero-order valence-corrected chi connectivity index (χ0v) is 17.5. The van der Waals surface area contributed by atoms with Crippen LogP contribution in [0.25, 0.3) is 11.3 Å². The van der Waals surface area contributed by atoms with Gasteiger partial charge < -0.3 is 10.2 Å². The lowest BCUT2D eigenvalue weighted by Gasteiger charge is -2.16. The highest BCUT2D eigenvalue weighted by Gasteiger charge is 2.42. The molecule has 6 heteroatoms. The van der Waals surface area contributed by atoms with Crippen LogP contribution in [-0.2, 0) is 21.4 Å². The molecule has 29 heavy (non-hydrogen) atoms. The van der Waals surface area contributed by atoms with Crippen LogP contribution in [0.5, 0.6) is 0 Å². The third kappa shape index (κ3) is 3.68. The number of amides is 2. The monoisotopic (exact) mass is 405 g/mol. The number of hydrogen-bond donors (Lipinski definition) is 1. The van der Waals surface area contributed by atoms with E-state index in [0.29, 0.717) is 18.0 Å². The van der Waals surface area contributed by atoms with Gasteiger partial charge in [0.05, 0.1) is 11.1 Å². The van der Waals surface area contributed by atoms with Crippen molar-refractivity contribution in [3.05, 3.63) is 65.0 Å². The van der Waals surface area contributed by atoms with Crippen molar-refractivity contribution in [2.24, 2.45) is 0 Å². The van der Waals surface area contributed by atoms with E-state index in [0.717, 1.165) is 28.1 Å². The van der Waals surface area contributed by atoms with Crippen molar-refractivity contribution >= 4 is 34.0 Å². The van der Waals surface area contributed by atoms with Gasteiger partial charge in [-0.15, -0.1) is 11.3 Å². The zero-order chi connectivity index (χ0) is 20.6. The van der Waals surface area contributed by atoms with Crippen molar-refractivity contribution in [1.29, 1.82) is 0 Å². The maximum Gasteiger partial charge on any atom is 0.236 e. The number of hydrogen-bond acceptors (Lipinski definition) is 4. The minimum Gasteiger partial charge on any atom is -0.314 e. The number of nitrogens with one attached hydrogen (secondary N) is 1. The molecule has 0 aliphatic carbocycles. The molecule has 1 N–H and O–H groups in total. The third-order valence-electron chi connectivity index (χ3n) is 5.40. The van der Waals surface area contributed by atoms with Crippen LogP contribution in [0.2, 0.25) is 0 Å². The zero-order valence-electron chi connectivity index (χ0n) is 16.7. The molecule has 0 bridgehead atoms. The summed E-state index contributed by atoms with van der Waals surface area (Å²) in [5.74, 6) is 0.0476. The lowest BCUT2D eigenvalue weighted by atomic mass is 9.85. The summed E-state index contributed by atoms with van der Waals surface area (Å²) in [4.78, 5) is 31.0. The molecule has 2 amide bonds. The van der Waals surface area contributed by atoms with E-state index in [9.17, 15) is 9.59 Å². The van der Waals surface area contributed by atoms with Crippen LogP contribution in [0.1, 0.15) is 31.4 Å². The minimum atomic E-state index is -0.551. The molecule has 0 saturated carbocycles. The Morgan fingerprint density at radius 1 is 1.17 bits per heavy atom. The predicted octanol–water partition coefficient (Wildman–Crippen LogP) is 4.64. The van der Waals surface area contributed by atoms with E-state index < -0.39 is 5.41 Å². The Hall–Kier alpha value is -2.99. The first-order valence-electron chi connectivity index (χ1n) is 9.58. The number of anilines is 2.